The van der Waals surface area contributed by atoms with Gasteiger partial charge in [0.15, 0.2) is 0 Å². The lowest BCUT2D eigenvalue weighted by atomic mass is 10.2. The van der Waals surface area contributed by atoms with Crippen molar-refractivity contribution in [1.82, 2.24) is 4.89 Å². The Bertz CT molecular complexity index is 485. The van der Waals surface area contributed by atoms with Crippen molar-refractivity contribution in [2.45, 2.75) is 25.7 Å². The largest absolute Gasteiger partial charge is 0.287 e. The van der Waals surface area contributed by atoms with Crippen LogP contribution < -0.4 is 4.89 Å². The third kappa shape index (κ3) is 4.39. The summed E-state index contributed by atoms with van der Waals surface area (Å²) < 4.78 is 24.6. The van der Waals surface area contributed by atoms with Gasteiger partial charge in [-0.3, -0.25) is 4.84 Å². The fourth-order valence-corrected chi connectivity index (χ4v) is 2.79. The van der Waals surface area contributed by atoms with Crippen molar-refractivity contribution in [1.29, 1.82) is 0 Å². The molecule has 17 heavy (non-hydrogen) atoms. The standard InChI is InChI=1S/C11H16BrNO3S/c1-8(2)7-16-13-17(14,15)11-6-10(12)5-4-9(11)3/h4-6,8,13H,7H2,1-3H3. The molecule has 4 nitrogen and oxygen atoms in total. The minimum absolute atomic E-state index is 0.218. The Labute approximate surface area is 111 Å². The topological polar surface area (TPSA) is 55.4 Å². The highest BCUT2D eigenvalue weighted by Crippen LogP contribution is 2.20. The van der Waals surface area contributed by atoms with Gasteiger partial charge in [-0.15, -0.1) is 0 Å². The van der Waals surface area contributed by atoms with Crippen LogP contribution in [0.1, 0.15) is 19.4 Å². The second-order valence-electron chi connectivity index (χ2n) is 4.20. The maximum absolute atomic E-state index is 11.9. The molecule has 1 aromatic carbocycles. The number of benzene rings is 1. The predicted octanol–water partition coefficient (Wildman–Crippen LogP) is 2.62. The van der Waals surface area contributed by atoms with Crippen molar-refractivity contribution >= 4 is 26.0 Å². The number of hydrogen-bond donors (Lipinski definition) is 1. The molecule has 1 N–H and O–H groups in total. The summed E-state index contributed by atoms with van der Waals surface area (Å²) in [6.07, 6.45) is 0. The van der Waals surface area contributed by atoms with E-state index >= 15 is 0 Å². The minimum atomic E-state index is -3.61. The van der Waals surface area contributed by atoms with Gasteiger partial charge >= 0.3 is 0 Å². The van der Waals surface area contributed by atoms with Gasteiger partial charge in [-0.25, -0.2) is 8.42 Å². The van der Waals surface area contributed by atoms with Crippen LogP contribution in [0, 0.1) is 12.8 Å². The Hall–Kier alpha value is -0.430. The third-order valence-electron chi connectivity index (χ3n) is 2.03. The van der Waals surface area contributed by atoms with Crippen LogP contribution in [0.5, 0.6) is 0 Å². The summed E-state index contributed by atoms with van der Waals surface area (Å²) >= 11 is 3.25. The van der Waals surface area contributed by atoms with Gasteiger partial charge in [-0.05, 0) is 30.5 Å². The molecule has 0 fully saturated rings. The van der Waals surface area contributed by atoms with Crippen molar-refractivity contribution in [2.75, 3.05) is 6.61 Å². The molecule has 0 atom stereocenters. The van der Waals surface area contributed by atoms with E-state index in [1.165, 1.54) is 0 Å². The van der Waals surface area contributed by atoms with Gasteiger partial charge in [0.1, 0.15) is 0 Å². The van der Waals surface area contributed by atoms with Crippen molar-refractivity contribution < 1.29 is 13.3 Å². The number of nitrogens with one attached hydrogen (secondary N) is 1. The molecule has 1 aromatic rings. The molecule has 0 aliphatic heterocycles. The summed E-state index contributed by atoms with van der Waals surface area (Å²) in [5, 5.41) is 0. The fraction of sp³-hybridized carbons (Fsp3) is 0.455. The van der Waals surface area contributed by atoms with Crippen LogP contribution in [0.4, 0.5) is 0 Å². The lowest BCUT2D eigenvalue weighted by Gasteiger charge is -2.10. The average Bonchev–Trinajstić information content (AvgIpc) is 2.20. The average molecular weight is 322 g/mol. The van der Waals surface area contributed by atoms with E-state index in [1.807, 2.05) is 13.8 Å². The number of rotatable bonds is 5. The first-order chi connectivity index (χ1) is 7.83. The molecule has 0 radical (unpaired) electrons. The molecular formula is C11H16BrNO3S. The van der Waals surface area contributed by atoms with E-state index < -0.39 is 10.0 Å². The monoisotopic (exact) mass is 321 g/mol. The van der Waals surface area contributed by atoms with E-state index in [9.17, 15) is 8.42 Å². The van der Waals surface area contributed by atoms with E-state index in [4.69, 9.17) is 4.84 Å². The lowest BCUT2D eigenvalue weighted by Crippen LogP contribution is -2.26. The van der Waals surface area contributed by atoms with Crippen LogP contribution in [0.25, 0.3) is 0 Å². The molecule has 1 rings (SSSR count). The van der Waals surface area contributed by atoms with Crippen molar-refractivity contribution in [3.05, 3.63) is 28.2 Å². The summed E-state index contributed by atoms with van der Waals surface area (Å²) in [4.78, 5) is 7.30. The zero-order chi connectivity index (χ0) is 13.1. The van der Waals surface area contributed by atoms with Gasteiger partial charge < -0.3 is 0 Å². The second-order valence-corrected chi connectivity index (χ2v) is 6.73. The number of hydrogen-bond acceptors (Lipinski definition) is 3. The Morgan fingerprint density at radius 1 is 1.41 bits per heavy atom. The first-order valence-electron chi connectivity index (χ1n) is 5.22. The molecule has 0 aromatic heterocycles. The predicted molar refractivity (Wildman–Crippen MR) is 70.0 cm³/mol. The molecule has 0 heterocycles. The molecule has 96 valence electrons. The summed E-state index contributed by atoms with van der Waals surface area (Å²) in [6, 6.07) is 5.08. The highest BCUT2D eigenvalue weighted by Gasteiger charge is 2.17. The van der Waals surface area contributed by atoms with Crippen molar-refractivity contribution in [3.8, 4) is 0 Å². The molecule has 0 bridgehead atoms. The first-order valence-corrected chi connectivity index (χ1v) is 7.50. The van der Waals surface area contributed by atoms with Gasteiger partial charge in [0.25, 0.3) is 10.0 Å². The minimum Gasteiger partial charge on any atom is -0.287 e. The van der Waals surface area contributed by atoms with E-state index in [0.717, 1.165) is 0 Å². The summed E-state index contributed by atoms with van der Waals surface area (Å²) in [6.45, 7) is 5.97. The van der Waals surface area contributed by atoms with E-state index in [0.29, 0.717) is 16.6 Å². The summed E-state index contributed by atoms with van der Waals surface area (Å²) in [7, 11) is -3.61. The number of halogens is 1. The van der Waals surface area contributed by atoms with Crippen molar-refractivity contribution in [3.63, 3.8) is 0 Å². The molecule has 0 unspecified atom stereocenters. The van der Waals surface area contributed by atoms with Crippen LogP contribution in [-0.4, -0.2) is 15.0 Å². The molecule has 0 saturated carbocycles. The van der Waals surface area contributed by atoms with Crippen LogP contribution in [0.15, 0.2) is 27.6 Å². The summed E-state index contributed by atoms with van der Waals surface area (Å²) in [5.41, 5.74) is 0.675. The molecule has 6 heteroatoms. The van der Waals surface area contributed by atoms with E-state index in [-0.39, 0.29) is 10.8 Å². The molecule has 0 spiro atoms. The quantitative estimate of drug-likeness (QED) is 0.848. The highest BCUT2D eigenvalue weighted by molar-refractivity contribution is 9.10. The fourth-order valence-electron chi connectivity index (χ4n) is 1.19. The van der Waals surface area contributed by atoms with Gasteiger partial charge in [0.2, 0.25) is 0 Å². The third-order valence-corrected chi connectivity index (χ3v) is 3.87. The van der Waals surface area contributed by atoms with Gasteiger partial charge in [0, 0.05) is 4.47 Å². The first kappa shape index (κ1) is 14.6. The van der Waals surface area contributed by atoms with Crippen LogP contribution in [0.3, 0.4) is 0 Å². The van der Waals surface area contributed by atoms with E-state index in [2.05, 4.69) is 20.8 Å². The van der Waals surface area contributed by atoms with Crippen LogP contribution in [-0.2, 0) is 14.9 Å². The molecule has 0 aliphatic rings. The zero-order valence-corrected chi connectivity index (χ0v) is 12.4. The van der Waals surface area contributed by atoms with E-state index in [1.54, 1.807) is 25.1 Å². The maximum atomic E-state index is 11.9. The Morgan fingerprint density at radius 2 is 2.06 bits per heavy atom. The molecular weight excluding hydrogens is 306 g/mol. The molecule has 0 amide bonds. The molecule has 0 aliphatic carbocycles. The Balaban J connectivity index is 2.86. The smallest absolute Gasteiger partial charge is 0.262 e. The van der Waals surface area contributed by atoms with Crippen molar-refractivity contribution in [2.24, 2.45) is 5.92 Å². The highest BCUT2D eigenvalue weighted by atomic mass is 79.9. The summed E-state index contributed by atoms with van der Waals surface area (Å²) in [5.74, 6) is 0.265. The van der Waals surface area contributed by atoms with Gasteiger partial charge in [0.05, 0.1) is 11.5 Å². The normalized spacial score (nSPS) is 12.1. The Kier molecular flexibility index (Phi) is 5.12. The van der Waals surface area contributed by atoms with Gasteiger partial charge in [-0.2, -0.15) is 0 Å². The Morgan fingerprint density at radius 3 is 2.65 bits per heavy atom. The van der Waals surface area contributed by atoms with Gasteiger partial charge in [-0.1, -0.05) is 40.7 Å². The van der Waals surface area contributed by atoms with Crippen LogP contribution >= 0.6 is 15.9 Å². The maximum Gasteiger partial charge on any atom is 0.262 e. The second kappa shape index (κ2) is 5.95. The number of aryl methyl sites for hydroxylation is 1. The zero-order valence-electron chi connectivity index (χ0n) is 10.0. The van der Waals surface area contributed by atoms with Crippen LogP contribution in [0.2, 0.25) is 0 Å². The number of sulfonamides is 1. The molecule has 0 saturated heterocycles. The SMILES string of the molecule is Cc1ccc(Br)cc1S(=O)(=O)NOCC(C)C. The lowest BCUT2D eigenvalue weighted by molar-refractivity contribution is 0.0718.